The molecule has 1 aromatic rings. The van der Waals surface area contributed by atoms with Crippen molar-refractivity contribution in [2.45, 2.75) is 25.4 Å². The molecule has 1 aliphatic rings. The molecule has 1 atom stereocenters. The molecule has 0 aromatic heterocycles. The van der Waals surface area contributed by atoms with Crippen LogP contribution in [-0.2, 0) is 6.42 Å². The van der Waals surface area contributed by atoms with Crippen LogP contribution in [0.25, 0.3) is 0 Å². The number of benzene rings is 1. The Labute approximate surface area is 95.3 Å². The summed E-state index contributed by atoms with van der Waals surface area (Å²) in [7, 11) is 0. The minimum absolute atomic E-state index is 0.569. The van der Waals surface area contributed by atoms with E-state index in [-0.39, 0.29) is 0 Å². The van der Waals surface area contributed by atoms with E-state index in [1.54, 1.807) is 0 Å². The zero-order valence-electron chi connectivity index (χ0n) is 8.89. The molecule has 1 fully saturated rings. The van der Waals surface area contributed by atoms with Gasteiger partial charge < -0.3 is 10.4 Å². The average Bonchev–Trinajstić information content (AvgIpc) is 2.59. The van der Waals surface area contributed by atoms with Gasteiger partial charge in [-0.3, -0.25) is 0 Å². The van der Waals surface area contributed by atoms with Gasteiger partial charge in [0, 0.05) is 18.0 Å². The molecular formula is C12H16ClNO. The van der Waals surface area contributed by atoms with Crippen molar-refractivity contribution in [2.75, 3.05) is 13.1 Å². The lowest BCUT2D eigenvalue weighted by molar-refractivity contribution is 0.0619. The molecule has 0 amide bonds. The minimum atomic E-state index is -0.569. The largest absolute Gasteiger partial charge is 0.388 e. The van der Waals surface area contributed by atoms with Crippen molar-refractivity contribution in [3.63, 3.8) is 0 Å². The Kier molecular flexibility index (Phi) is 3.01. The second kappa shape index (κ2) is 4.12. The fourth-order valence-corrected chi connectivity index (χ4v) is 2.20. The Hall–Kier alpha value is -0.570. The van der Waals surface area contributed by atoms with Gasteiger partial charge in [0.2, 0.25) is 0 Å². The van der Waals surface area contributed by atoms with Crippen LogP contribution in [-0.4, -0.2) is 23.8 Å². The van der Waals surface area contributed by atoms with Crippen LogP contribution in [0.5, 0.6) is 0 Å². The highest BCUT2D eigenvalue weighted by Gasteiger charge is 2.30. The first-order chi connectivity index (χ1) is 7.09. The van der Waals surface area contributed by atoms with E-state index in [1.165, 1.54) is 0 Å². The number of hydrogen-bond acceptors (Lipinski definition) is 2. The molecule has 1 saturated heterocycles. The minimum Gasteiger partial charge on any atom is -0.388 e. The fourth-order valence-electron chi connectivity index (χ4n) is 2.08. The predicted molar refractivity (Wildman–Crippen MR) is 62.3 cm³/mol. The Bertz CT molecular complexity index is 359. The highest BCUT2D eigenvalue weighted by atomic mass is 35.5. The number of hydrogen-bond donors (Lipinski definition) is 2. The molecule has 82 valence electrons. The van der Waals surface area contributed by atoms with Crippen molar-refractivity contribution in [3.05, 3.63) is 34.3 Å². The quantitative estimate of drug-likeness (QED) is 0.806. The zero-order valence-corrected chi connectivity index (χ0v) is 9.64. The van der Waals surface area contributed by atoms with E-state index in [0.717, 1.165) is 29.1 Å². The molecule has 3 heteroatoms. The second-order valence-corrected chi connectivity index (χ2v) is 4.82. The Morgan fingerprint density at radius 2 is 2.33 bits per heavy atom. The maximum atomic E-state index is 10.2. The summed E-state index contributed by atoms with van der Waals surface area (Å²) in [4.78, 5) is 0. The Balaban J connectivity index is 2.13. The second-order valence-electron chi connectivity index (χ2n) is 4.41. The number of β-amino-alcohol motifs (C(OH)–C–C–N with tert-alkyl or cyclic N) is 1. The molecule has 1 heterocycles. The average molecular weight is 226 g/mol. The van der Waals surface area contributed by atoms with E-state index in [0.29, 0.717) is 13.0 Å². The van der Waals surface area contributed by atoms with Crippen molar-refractivity contribution < 1.29 is 5.11 Å². The third-order valence-electron chi connectivity index (χ3n) is 2.98. The summed E-state index contributed by atoms with van der Waals surface area (Å²) >= 11 is 5.96. The van der Waals surface area contributed by atoms with E-state index in [4.69, 9.17) is 11.6 Å². The first kappa shape index (κ1) is 10.9. The number of aliphatic hydroxyl groups is 1. The summed E-state index contributed by atoms with van der Waals surface area (Å²) < 4.78 is 0. The van der Waals surface area contributed by atoms with Gasteiger partial charge >= 0.3 is 0 Å². The van der Waals surface area contributed by atoms with E-state index in [9.17, 15) is 5.11 Å². The third-order valence-corrected chi connectivity index (χ3v) is 3.40. The van der Waals surface area contributed by atoms with Crippen LogP contribution in [0, 0.1) is 6.92 Å². The van der Waals surface area contributed by atoms with Gasteiger partial charge in [-0.2, -0.15) is 0 Å². The number of halogens is 1. The highest BCUT2D eigenvalue weighted by Crippen LogP contribution is 2.23. The molecule has 1 aromatic carbocycles. The van der Waals surface area contributed by atoms with Gasteiger partial charge in [0.25, 0.3) is 0 Å². The van der Waals surface area contributed by atoms with Crippen LogP contribution in [0.4, 0.5) is 0 Å². The lowest BCUT2D eigenvalue weighted by atomic mass is 9.93. The zero-order chi connectivity index (χ0) is 10.9. The van der Waals surface area contributed by atoms with Crippen molar-refractivity contribution in [1.29, 1.82) is 0 Å². The van der Waals surface area contributed by atoms with Crippen LogP contribution < -0.4 is 5.32 Å². The van der Waals surface area contributed by atoms with Gasteiger partial charge in [-0.15, -0.1) is 0 Å². The molecule has 0 bridgehead atoms. The van der Waals surface area contributed by atoms with Crippen LogP contribution >= 0.6 is 11.6 Å². The van der Waals surface area contributed by atoms with Gasteiger partial charge in [0.05, 0.1) is 5.60 Å². The summed E-state index contributed by atoms with van der Waals surface area (Å²) in [5, 5.41) is 14.2. The topological polar surface area (TPSA) is 32.3 Å². The summed E-state index contributed by atoms with van der Waals surface area (Å²) in [5.74, 6) is 0. The SMILES string of the molecule is Cc1cc(CC2(O)CCNC2)ccc1Cl. The maximum Gasteiger partial charge on any atom is 0.0823 e. The maximum absolute atomic E-state index is 10.2. The fraction of sp³-hybridized carbons (Fsp3) is 0.500. The lowest BCUT2D eigenvalue weighted by Crippen LogP contribution is -2.33. The van der Waals surface area contributed by atoms with Crippen molar-refractivity contribution >= 4 is 11.6 Å². The van der Waals surface area contributed by atoms with Crippen LogP contribution in [0.3, 0.4) is 0 Å². The molecule has 2 rings (SSSR count). The summed E-state index contributed by atoms with van der Waals surface area (Å²) in [5.41, 5.74) is 1.66. The molecule has 0 spiro atoms. The lowest BCUT2D eigenvalue weighted by Gasteiger charge is -2.21. The molecule has 0 radical (unpaired) electrons. The predicted octanol–water partition coefficient (Wildman–Crippen LogP) is 1.92. The molecule has 15 heavy (non-hydrogen) atoms. The molecule has 2 N–H and O–H groups in total. The standard InChI is InChI=1S/C12H16ClNO/c1-9-6-10(2-3-11(9)13)7-12(15)4-5-14-8-12/h2-3,6,14-15H,4-5,7-8H2,1H3. The summed E-state index contributed by atoms with van der Waals surface area (Å²) in [6, 6.07) is 5.95. The van der Waals surface area contributed by atoms with Gasteiger partial charge in [0.1, 0.15) is 0 Å². The monoisotopic (exact) mass is 225 g/mol. The van der Waals surface area contributed by atoms with Crippen LogP contribution in [0.1, 0.15) is 17.5 Å². The normalized spacial score (nSPS) is 25.8. The van der Waals surface area contributed by atoms with E-state index in [2.05, 4.69) is 11.4 Å². The smallest absolute Gasteiger partial charge is 0.0823 e. The summed E-state index contributed by atoms with van der Waals surface area (Å²) in [6.07, 6.45) is 1.53. The first-order valence-corrected chi connectivity index (χ1v) is 5.65. The third kappa shape index (κ3) is 2.51. The highest BCUT2D eigenvalue weighted by molar-refractivity contribution is 6.31. The molecule has 1 unspecified atom stereocenters. The summed E-state index contributed by atoms with van der Waals surface area (Å²) in [6.45, 7) is 3.58. The van der Waals surface area contributed by atoms with Gasteiger partial charge in [0.15, 0.2) is 0 Å². The van der Waals surface area contributed by atoms with Gasteiger partial charge in [-0.25, -0.2) is 0 Å². The Morgan fingerprint density at radius 1 is 1.53 bits per heavy atom. The van der Waals surface area contributed by atoms with Crippen LogP contribution in [0.2, 0.25) is 5.02 Å². The van der Waals surface area contributed by atoms with Gasteiger partial charge in [-0.1, -0.05) is 23.7 Å². The molecule has 2 nitrogen and oxygen atoms in total. The van der Waals surface area contributed by atoms with Gasteiger partial charge in [-0.05, 0) is 37.1 Å². The molecule has 0 saturated carbocycles. The number of nitrogens with one attached hydrogen (secondary N) is 1. The number of aryl methyl sites for hydroxylation is 1. The Morgan fingerprint density at radius 3 is 2.93 bits per heavy atom. The van der Waals surface area contributed by atoms with Crippen molar-refractivity contribution in [2.24, 2.45) is 0 Å². The van der Waals surface area contributed by atoms with E-state index in [1.807, 2.05) is 19.1 Å². The van der Waals surface area contributed by atoms with E-state index < -0.39 is 5.60 Å². The van der Waals surface area contributed by atoms with Crippen molar-refractivity contribution in [1.82, 2.24) is 5.32 Å². The molecule has 1 aliphatic heterocycles. The number of rotatable bonds is 2. The molecular weight excluding hydrogens is 210 g/mol. The van der Waals surface area contributed by atoms with E-state index >= 15 is 0 Å². The van der Waals surface area contributed by atoms with Crippen molar-refractivity contribution in [3.8, 4) is 0 Å². The molecule has 0 aliphatic carbocycles. The van der Waals surface area contributed by atoms with Crippen LogP contribution in [0.15, 0.2) is 18.2 Å². The first-order valence-electron chi connectivity index (χ1n) is 5.27.